The number of methoxy groups -OCH3 is 1. The normalized spacial score (nSPS) is 15.7. The molecule has 0 saturated heterocycles. The van der Waals surface area contributed by atoms with Crippen LogP contribution in [0.25, 0.3) is 11.3 Å². The minimum Gasteiger partial charge on any atom is -0.504 e. The number of phenols is 1. The number of rotatable bonds is 6. The number of nitrogens with zero attached hydrogens (tertiary/aromatic N) is 2. The molecule has 28 heavy (non-hydrogen) atoms. The first kappa shape index (κ1) is 18.1. The second kappa shape index (κ2) is 7.38. The van der Waals surface area contributed by atoms with Crippen molar-refractivity contribution in [2.45, 2.75) is 25.8 Å². The summed E-state index contributed by atoms with van der Waals surface area (Å²) in [5, 5.41) is 17.4. The Bertz CT molecular complexity index is 998. The molecule has 0 fully saturated rings. The third-order valence-corrected chi connectivity index (χ3v) is 5.18. The smallest absolute Gasteiger partial charge is 0.273 e. The molecule has 4 rings (SSSR count). The summed E-state index contributed by atoms with van der Waals surface area (Å²) >= 11 is 0. The number of nitrogens with one attached hydrogen (secondary N) is 1. The molecule has 2 heterocycles. The van der Waals surface area contributed by atoms with Crippen molar-refractivity contribution < 1.29 is 14.6 Å². The number of aromatic amines is 1. The number of carbonyl (C=O) groups is 1. The van der Waals surface area contributed by atoms with Gasteiger partial charge in [0.1, 0.15) is 5.69 Å². The number of ether oxygens (including phenoxy) is 1. The maximum atomic E-state index is 13.1. The molecule has 2 aromatic carbocycles. The number of carbonyl (C=O) groups excluding carboxylic acids is 1. The lowest BCUT2D eigenvalue weighted by atomic mass is 9.95. The predicted octanol–water partition coefficient (Wildman–Crippen LogP) is 4.14. The minimum atomic E-state index is -0.280. The molecule has 3 aromatic rings. The third kappa shape index (κ3) is 2.91. The Labute approximate surface area is 163 Å². The summed E-state index contributed by atoms with van der Waals surface area (Å²) in [7, 11) is 1.52. The fourth-order valence-corrected chi connectivity index (χ4v) is 3.78. The summed E-state index contributed by atoms with van der Waals surface area (Å²) < 4.78 is 5.30. The largest absolute Gasteiger partial charge is 0.504 e. The Balaban J connectivity index is 1.87. The van der Waals surface area contributed by atoms with Gasteiger partial charge in [-0.1, -0.05) is 49.7 Å². The van der Waals surface area contributed by atoms with Crippen molar-refractivity contribution in [2.24, 2.45) is 0 Å². The Hall–Kier alpha value is -3.28. The molecule has 1 atom stereocenters. The lowest BCUT2D eigenvalue weighted by Crippen LogP contribution is -2.30. The topological polar surface area (TPSA) is 78.5 Å². The molecule has 1 amide bonds. The van der Waals surface area contributed by atoms with E-state index < -0.39 is 0 Å². The molecule has 0 radical (unpaired) electrons. The van der Waals surface area contributed by atoms with Gasteiger partial charge in [-0.2, -0.15) is 5.10 Å². The number of hydrogen-bond donors (Lipinski definition) is 2. The van der Waals surface area contributed by atoms with E-state index in [1.54, 1.807) is 12.1 Å². The zero-order valence-corrected chi connectivity index (χ0v) is 16.0. The van der Waals surface area contributed by atoms with Crippen LogP contribution in [0.3, 0.4) is 0 Å². The number of phenolic OH excluding ortho intramolecular Hbond substituents is 1. The van der Waals surface area contributed by atoms with Crippen LogP contribution in [-0.4, -0.2) is 39.8 Å². The zero-order chi connectivity index (χ0) is 19.7. The van der Waals surface area contributed by atoms with Crippen molar-refractivity contribution >= 4 is 5.91 Å². The number of aromatic nitrogens is 2. The van der Waals surface area contributed by atoms with E-state index in [1.165, 1.54) is 7.11 Å². The van der Waals surface area contributed by atoms with Gasteiger partial charge in [-0.05, 0) is 24.1 Å². The van der Waals surface area contributed by atoms with Gasteiger partial charge in [0.25, 0.3) is 5.91 Å². The van der Waals surface area contributed by atoms with Crippen LogP contribution in [0.2, 0.25) is 0 Å². The van der Waals surface area contributed by atoms with Gasteiger partial charge in [0, 0.05) is 17.7 Å². The second-order valence-corrected chi connectivity index (χ2v) is 6.91. The highest BCUT2D eigenvalue weighted by Gasteiger charge is 2.42. The van der Waals surface area contributed by atoms with Crippen LogP contribution in [0.15, 0.2) is 48.5 Å². The molecule has 1 unspecified atom stereocenters. The molecule has 0 spiro atoms. The Morgan fingerprint density at radius 2 is 2.00 bits per heavy atom. The van der Waals surface area contributed by atoms with Crippen molar-refractivity contribution in [1.29, 1.82) is 0 Å². The van der Waals surface area contributed by atoms with Crippen LogP contribution in [0.5, 0.6) is 11.5 Å². The maximum Gasteiger partial charge on any atom is 0.273 e. The average molecular weight is 377 g/mol. The van der Waals surface area contributed by atoms with Crippen LogP contribution in [0, 0.1) is 0 Å². The van der Waals surface area contributed by atoms with E-state index >= 15 is 0 Å². The van der Waals surface area contributed by atoms with Gasteiger partial charge in [0.15, 0.2) is 11.5 Å². The standard InChI is InChI=1S/C22H23N3O3/c1-3-4-12-25-21(15-10-11-16(26)17(13-15)28-2)18-19(14-8-6-5-7-9-14)23-24-20(18)22(25)27/h5-11,13,21,26H,3-4,12H2,1-2H3,(H,23,24). The molecule has 2 N–H and O–H groups in total. The first-order valence-electron chi connectivity index (χ1n) is 9.47. The minimum absolute atomic E-state index is 0.0461. The molecule has 1 aromatic heterocycles. The van der Waals surface area contributed by atoms with Crippen molar-refractivity contribution in [3.8, 4) is 22.8 Å². The van der Waals surface area contributed by atoms with Crippen molar-refractivity contribution in [1.82, 2.24) is 15.1 Å². The number of H-pyrrole nitrogens is 1. The van der Waals surface area contributed by atoms with Crippen LogP contribution in [-0.2, 0) is 0 Å². The van der Waals surface area contributed by atoms with Gasteiger partial charge < -0.3 is 14.7 Å². The van der Waals surface area contributed by atoms with Crippen LogP contribution in [0.4, 0.5) is 0 Å². The monoisotopic (exact) mass is 377 g/mol. The molecule has 6 heteroatoms. The van der Waals surface area contributed by atoms with Gasteiger partial charge in [0.05, 0.1) is 18.8 Å². The lowest BCUT2D eigenvalue weighted by molar-refractivity contribution is 0.0741. The molecule has 0 bridgehead atoms. The average Bonchev–Trinajstić information content (AvgIpc) is 3.27. The highest BCUT2D eigenvalue weighted by Crippen LogP contribution is 2.44. The van der Waals surface area contributed by atoms with Gasteiger partial charge in [-0.25, -0.2) is 0 Å². The van der Waals surface area contributed by atoms with E-state index in [4.69, 9.17) is 4.74 Å². The summed E-state index contributed by atoms with van der Waals surface area (Å²) in [4.78, 5) is 15.0. The van der Waals surface area contributed by atoms with E-state index in [0.29, 0.717) is 18.0 Å². The van der Waals surface area contributed by atoms with Gasteiger partial charge >= 0.3 is 0 Å². The molecule has 6 nitrogen and oxygen atoms in total. The molecule has 144 valence electrons. The molecule has 0 aliphatic carbocycles. The molecule has 1 aliphatic heterocycles. The van der Waals surface area contributed by atoms with E-state index in [2.05, 4.69) is 17.1 Å². The number of fused-ring (bicyclic) bond motifs is 1. The Morgan fingerprint density at radius 1 is 1.21 bits per heavy atom. The second-order valence-electron chi connectivity index (χ2n) is 6.91. The summed E-state index contributed by atoms with van der Waals surface area (Å²) in [6.07, 6.45) is 1.91. The third-order valence-electron chi connectivity index (χ3n) is 5.18. The van der Waals surface area contributed by atoms with Crippen molar-refractivity contribution in [3.05, 3.63) is 65.4 Å². The number of hydrogen-bond acceptors (Lipinski definition) is 4. The number of aromatic hydroxyl groups is 1. The molecular weight excluding hydrogens is 354 g/mol. The zero-order valence-electron chi connectivity index (χ0n) is 16.0. The van der Waals surface area contributed by atoms with Gasteiger partial charge in [-0.15, -0.1) is 0 Å². The fraction of sp³-hybridized carbons (Fsp3) is 0.273. The number of unbranched alkanes of at least 4 members (excludes halogenated alkanes) is 1. The van der Waals surface area contributed by atoms with Crippen LogP contribution in [0.1, 0.15) is 47.4 Å². The van der Waals surface area contributed by atoms with Crippen LogP contribution < -0.4 is 4.74 Å². The Kier molecular flexibility index (Phi) is 4.77. The molecule has 0 saturated carbocycles. The van der Waals surface area contributed by atoms with Crippen LogP contribution >= 0.6 is 0 Å². The highest BCUT2D eigenvalue weighted by molar-refractivity contribution is 6.00. The number of amides is 1. The van der Waals surface area contributed by atoms with E-state index in [1.807, 2.05) is 41.3 Å². The quantitative estimate of drug-likeness (QED) is 0.677. The summed E-state index contributed by atoms with van der Waals surface area (Å²) in [5.74, 6) is 0.417. The van der Waals surface area contributed by atoms with Gasteiger partial charge in [0.2, 0.25) is 0 Å². The fourth-order valence-electron chi connectivity index (χ4n) is 3.78. The summed E-state index contributed by atoms with van der Waals surface area (Å²) in [5.41, 5.74) is 4.03. The van der Waals surface area contributed by atoms with Crippen molar-refractivity contribution in [3.63, 3.8) is 0 Å². The van der Waals surface area contributed by atoms with E-state index in [9.17, 15) is 9.90 Å². The SMILES string of the molecule is CCCCN1C(=O)c2[nH]nc(-c3ccccc3)c2C1c1ccc(O)c(OC)c1. The highest BCUT2D eigenvalue weighted by atomic mass is 16.5. The molecular formula is C22H23N3O3. The van der Waals surface area contributed by atoms with Gasteiger partial charge in [-0.3, -0.25) is 9.89 Å². The number of benzene rings is 2. The lowest BCUT2D eigenvalue weighted by Gasteiger charge is -2.26. The summed E-state index contributed by atoms with van der Waals surface area (Å²) in [6.45, 7) is 2.76. The first-order chi connectivity index (χ1) is 13.7. The first-order valence-corrected chi connectivity index (χ1v) is 9.47. The van der Waals surface area contributed by atoms with Crippen molar-refractivity contribution in [2.75, 3.05) is 13.7 Å². The van der Waals surface area contributed by atoms with E-state index in [-0.39, 0.29) is 17.7 Å². The molecule has 1 aliphatic rings. The maximum absolute atomic E-state index is 13.1. The van der Waals surface area contributed by atoms with E-state index in [0.717, 1.165) is 35.2 Å². The Morgan fingerprint density at radius 3 is 2.71 bits per heavy atom. The predicted molar refractivity (Wildman–Crippen MR) is 106 cm³/mol. The summed E-state index contributed by atoms with van der Waals surface area (Å²) in [6, 6.07) is 14.8.